The van der Waals surface area contributed by atoms with Crippen LogP contribution >= 0.6 is 11.6 Å². The van der Waals surface area contributed by atoms with Crippen LogP contribution in [0.5, 0.6) is 0 Å². The molecule has 0 bridgehead atoms. The highest BCUT2D eigenvalue weighted by molar-refractivity contribution is 6.30. The Morgan fingerprint density at radius 2 is 1.50 bits per heavy atom. The van der Waals surface area contributed by atoms with E-state index in [1.54, 1.807) is 6.07 Å². The van der Waals surface area contributed by atoms with Gasteiger partial charge in [0.1, 0.15) is 0 Å². The molecule has 0 amide bonds. The molecular weight excluding hydrogens is 298 g/mol. The lowest BCUT2D eigenvalue weighted by Crippen LogP contribution is -1.92. The Kier molecular flexibility index (Phi) is 3.78. The minimum Gasteiger partial charge on any atom is -0.258 e. The fourth-order valence-electron chi connectivity index (χ4n) is 2.35. The number of rotatable bonds is 3. The molecule has 3 rings (SSSR count). The fourth-order valence-corrected chi connectivity index (χ4v) is 2.51. The molecule has 0 spiro atoms. The number of halogens is 1. The molecule has 4 heteroatoms. The molecule has 0 heterocycles. The van der Waals surface area contributed by atoms with E-state index in [4.69, 9.17) is 11.6 Å². The first-order valence-corrected chi connectivity index (χ1v) is 6.97. The van der Waals surface area contributed by atoms with E-state index in [0.717, 1.165) is 16.7 Å². The molecule has 0 aliphatic carbocycles. The standard InChI is InChI=1S/C18H10ClNO2/c19-14-10-11-18(20(21)22)17(12-14)16-9-5-4-8-15(16)13-6-2-1-3-7-13/h1-9,12H. The van der Waals surface area contributed by atoms with E-state index in [1.165, 1.54) is 0 Å². The first-order chi connectivity index (χ1) is 10.7. The summed E-state index contributed by atoms with van der Waals surface area (Å²) < 4.78 is 0. The second-order valence-corrected chi connectivity index (χ2v) is 5.08. The predicted octanol–water partition coefficient (Wildman–Crippen LogP) is 5.18. The normalized spacial score (nSPS) is 10.0. The Morgan fingerprint density at radius 3 is 2.18 bits per heavy atom. The second kappa shape index (κ2) is 5.88. The van der Waals surface area contributed by atoms with Crippen molar-refractivity contribution < 1.29 is 4.92 Å². The zero-order valence-corrected chi connectivity index (χ0v) is 12.2. The highest BCUT2D eigenvalue weighted by Crippen LogP contribution is 2.37. The molecule has 3 aromatic rings. The third-order valence-electron chi connectivity index (χ3n) is 3.31. The van der Waals surface area contributed by atoms with Gasteiger partial charge >= 0.3 is 5.69 Å². The second-order valence-electron chi connectivity index (χ2n) is 4.67. The molecule has 0 fully saturated rings. The number of hydrogen-bond donors (Lipinski definition) is 0. The molecule has 22 heavy (non-hydrogen) atoms. The van der Waals surface area contributed by atoms with E-state index in [-0.39, 0.29) is 5.69 Å². The number of nitrogens with zero attached hydrogens (tertiary/aromatic N) is 1. The van der Waals surface area contributed by atoms with Crippen LogP contribution < -0.4 is 0 Å². The summed E-state index contributed by atoms with van der Waals surface area (Å²) in [4.78, 5) is 10.8. The van der Waals surface area contributed by atoms with Crippen molar-refractivity contribution in [2.75, 3.05) is 0 Å². The monoisotopic (exact) mass is 307 g/mol. The Balaban J connectivity index is 2.27. The van der Waals surface area contributed by atoms with Crippen LogP contribution in [-0.4, -0.2) is 4.92 Å². The molecular formula is C18H10ClNO2. The Hall–Kier alpha value is -2.83. The number of benzene rings is 2. The average molecular weight is 308 g/mol. The highest BCUT2D eigenvalue weighted by atomic mass is 35.5. The van der Waals surface area contributed by atoms with Crippen molar-refractivity contribution in [2.24, 2.45) is 0 Å². The SMILES string of the molecule is O=[N+]([O-])c1c#cc(Cl)cc1-c1ccccc1-c1ccccc1. The van der Waals surface area contributed by atoms with Gasteiger partial charge < -0.3 is 0 Å². The third-order valence-corrected chi connectivity index (χ3v) is 3.51. The van der Waals surface area contributed by atoms with Crippen molar-refractivity contribution in [1.29, 1.82) is 0 Å². The van der Waals surface area contributed by atoms with E-state index in [1.807, 2.05) is 54.6 Å². The van der Waals surface area contributed by atoms with Crippen LogP contribution in [0.15, 0.2) is 60.7 Å². The molecule has 0 aliphatic heterocycles. The summed E-state index contributed by atoms with van der Waals surface area (Å²) >= 11 is 5.96. The summed E-state index contributed by atoms with van der Waals surface area (Å²) in [6, 6.07) is 23.9. The predicted molar refractivity (Wildman–Crippen MR) is 86.7 cm³/mol. The van der Waals surface area contributed by atoms with Gasteiger partial charge in [-0.2, -0.15) is 0 Å². The fraction of sp³-hybridized carbons (Fsp3) is 0. The van der Waals surface area contributed by atoms with Crippen LogP contribution in [0.1, 0.15) is 0 Å². The van der Waals surface area contributed by atoms with Gasteiger partial charge in [0, 0.05) is 6.07 Å². The van der Waals surface area contributed by atoms with Crippen LogP contribution in [0.4, 0.5) is 5.69 Å². The maximum Gasteiger partial charge on any atom is 0.327 e. The van der Waals surface area contributed by atoms with Crippen molar-refractivity contribution >= 4 is 17.3 Å². The molecule has 0 saturated carbocycles. The van der Waals surface area contributed by atoms with Crippen LogP contribution in [0.25, 0.3) is 22.3 Å². The molecule has 0 aromatic heterocycles. The van der Waals surface area contributed by atoms with Crippen molar-refractivity contribution in [3.63, 3.8) is 0 Å². The summed E-state index contributed by atoms with van der Waals surface area (Å²) in [7, 11) is 0. The highest BCUT2D eigenvalue weighted by Gasteiger charge is 2.18. The molecule has 3 nitrogen and oxygen atoms in total. The molecule has 0 saturated heterocycles. The summed E-state index contributed by atoms with van der Waals surface area (Å²) in [6.45, 7) is 0. The third kappa shape index (κ3) is 2.65. The van der Waals surface area contributed by atoms with E-state index >= 15 is 0 Å². The number of nitro groups is 1. The van der Waals surface area contributed by atoms with Gasteiger partial charge in [0.25, 0.3) is 0 Å². The van der Waals surface area contributed by atoms with Gasteiger partial charge in [0.15, 0.2) is 0 Å². The lowest BCUT2D eigenvalue weighted by Gasteiger charge is -2.09. The van der Waals surface area contributed by atoms with E-state index < -0.39 is 4.92 Å². The zero-order chi connectivity index (χ0) is 15.5. The maximum absolute atomic E-state index is 11.3. The largest absolute Gasteiger partial charge is 0.327 e. The first-order valence-electron chi connectivity index (χ1n) is 6.59. The topological polar surface area (TPSA) is 43.1 Å². The summed E-state index contributed by atoms with van der Waals surface area (Å²) in [5, 5.41) is 11.6. The molecule has 106 valence electrons. The lowest BCUT2D eigenvalue weighted by atomic mass is 9.94. The van der Waals surface area contributed by atoms with Gasteiger partial charge in [-0.25, -0.2) is 0 Å². The molecule has 0 atom stereocenters. The van der Waals surface area contributed by atoms with Crippen molar-refractivity contribution in [2.45, 2.75) is 0 Å². The lowest BCUT2D eigenvalue weighted by molar-refractivity contribution is -0.384. The van der Waals surface area contributed by atoms with Crippen molar-refractivity contribution in [1.82, 2.24) is 0 Å². The van der Waals surface area contributed by atoms with Gasteiger partial charge in [-0.3, -0.25) is 10.1 Å². The Labute approximate surface area is 133 Å². The van der Waals surface area contributed by atoms with E-state index in [2.05, 4.69) is 12.1 Å². The molecule has 0 unspecified atom stereocenters. The molecule has 0 N–H and O–H groups in total. The molecule has 0 aliphatic rings. The van der Waals surface area contributed by atoms with Crippen molar-refractivity contribution in [3.8, 4) is 22.3 Å². The number of hydrogen-bond acceptors (Lipinski definition) is 2. The summed E-state index contributed by atoms with van der Waals surface area (Å²) in [6.07, 6.45) is 0. The zero-order valence-electron chi connectivity index (χ0n) is 11.4. The van der Waals surface area contributed by atoms with E-state index in [0.29, 0.717) is 10.6 Å². The average Bonchev–Trinajstić information content (AvgIpc) is 2.55. The molecule has 0 radical (unpaired) electrons. The van der Waals surface area contributed by atoms with Crippen molar-refractivity contribution in [3.05, 3.63) is 87.9 Å². The van der Waals surface area contributed by atoms with Gasteiger partial charge in [-0.1, -0.05) is 66.2 Å². The Morgan fingerprint density at radius 1 is 0.864 bits per heavy atom. The van der Waals surface area contributed by atoms with Gasteiger partial charge in [0.05, 0.1) is 15.5 Å². The van der Waals surface area contributed by atoms with Gasteiger partial charge in [-0.15, -0.1) is 0 Å². The van der Waals surface area contributed by atoms with Crippen LogP contribution in [-0.2, 0) is 0 Å². The van der Waals surface area contributed by atoms with E-state index in [9.17, 15) is 10.1 Å². The first kappa shape index (κ1) is 14.1. The van der Waals surface area contributed by atoms with Gasteiger partial charge in [0.2, 0.25) is 0 Å². The smallest absolute Gasteiger partial charge is 0.258 e. The minimum atomic E-state index is -0.468. The van der Waals surface area contributed by atoms with Gasteiger partial charge in [-0.05, 0) is 28.8 Å². The molecule has 3 aromatic carbocycles. The minimum absolute atomic E-state index is 0.132. The maximum atomic E-state index is 11.3. The van der Waals surface area contributed by atoms with Crippen LogP contribution in [0, 0.1) is 22.2 Å². The summed E-state index contributed by atoms with van der Waals surface area (Å²) in [5.41, 5.74) is 2.94. The van der Waals surface area contributed by atoms with Crippen LogP contribution in [0.2, 0.25) is 5.02 Å². The quantitative estimate of drug-likeness (QED) is 0.494. The Bertz CT molecular complexity index is 832. The van der Waals surface area contributed by atoms with Crippen LogP contribution in [0.3, 0.4) is 0 Å². The summed E-state index contributed by atoms with van der Waals surface area (Å²) in [5.74, 6) is 0.